The van der Waals surface area contributed by atoms with Gasteiger partial charge in [0.1, 0.15) is 30.1 Å². The van der Waals surface area contributed by atoms with E-state index in [2.05, 4.69) is 25.0 Å². The molecule has 4 heterocycles. The minimum absolute atomic E-state index is 0.0360. The summed E-state index contributed by atoms with van der Waals surface area (Å²) in [5, 5.41) is 4.26. The number of ether oxygens (including phenoxy) is 2. The third-order valence-corrected chi connectivity index (χ3v) is 5.19. The average molecular weight is 416 g/mol. The van der Waals surface area contributed by atoms with E-state index in [0.717, 1.165) is 25.2 Å². The fourth-order valence-electron chi connectivity index (χ4n) is 3.73. The molecule has 5 rings (SSSR count). The van der Waals surface area contributed by atoms with Crippen LogP contribution in [0.1, 0.15) is 23.2 Å². The molecule has 0 bridgehead atoms. The summed E-state index contributed by atoms with van der Waals surface area (Å²) in [6.07, 6.45) is 6.68. The van der Waals surface area contributed by atoms with Crippen molar-refractivity contribution < 1.29 is 14.3 Å². The lowest BCUT2D eigenvalue weighted by atomic mass is 10.2. The number of rotatable bonds is 6. The molecular weight excluding hydrogens is 396 g/mol. The van der Waals surface area contributed by atoms with Gasteiger partial charge in [-0.1, -0.05) is 18.2 Å². The maximum absolute atomic E-state index is 12.8. The maximum atomic E-state index is 12.8. The van der Waals surface area contributed by atoms with Crippen LogP contribution in [-0.4, -0.2) is 49.7 Å². The molecule has 0 aliphatic carbocycles. The molecule has 0 radical (unpaired) electrons. The van der Waals surface area contributed by atoms with E-state index in [1.165, 1.54) is 6.33 Å². The topological polar surface area (TPSA) is 94.7 Å². The molecule has 0 N–H and O–H groups in total. The van der Waals surface area contributed by atoms with Crippen molar-refractivity contribution in [1.82, 2.24) is 24.6 Å². The van der Waals surface area contributed by atoms with Crippen LogP contribution in [0, 0.1) is 0 Å². The summed E-state index contributed by atoms with van der Waals surface area (Å²) in [7, 11) is 0. The van der Waals surface area contributed by atoms with E-state index in [4.69, 9.17) is 9.47 Å². The number of esters is 1. The van der Waals surface area contributed by atoms with E-state index in [1.54, 1.807) is 41.2 Å². The zero-order chi connectivity index (χ0) is 21.0. The van der Waals surface area contributed by atoms with Crippen LogP contribution < -0.4 is 9.64 Å². The van der Waals surface area contributed by atoms with Crippen molar-refractivity contribution in [2.45, 2.75) is 18.9 Å². The van der Waals surface area contributed by atoms with Crippen molar-refractivity contribution in [3.8, 4) is 11.6 Å². The Hall–Kier alpha value is -4.01. The first kappa shape index (κ1) is 19.0. The number of pyridine rings is 1. The minimum Gasteiger partial charge on any atom is -0.460 e. The van der Waals surface area contributed by atoms with Gasteiger partial charge in [-0.3, -0.25) is 0 Å². The normalized spacial score (nSPS) is 15.9. The summed E-state index contributed by atoms with van der Waals surface area (Å²) in [6, 6.07) is 14.5. The summed E-state index contributed by atoms with van der Waals surface area (Å²) in [5.74, 6) is 1.78. The van der Waals surface area contributed by atoms with Crippen LogP contribution in [-0.2, 0) is 4.74 Å². The van der Waals surface area contributed by atoms with Crippen LogP contribution in [0.15, 0.2) is 67.3 Å². The lowest BCUT2D eigenvalue weighted by Crippen LogP contribution is -2.35. The van der Waals surface area contributed by atoms with Crippen molar-refractivity contribution in [3.63, 3.8) is 0 Å². The van der Waals surface area contributed by atoms with E-state index >= 15 is 0 Å². The van der Waals surface area contributed by atoms with Crippen molar-refractivity contribution in [1.29, 1.82) is 0 Å². The van der Waals surface area contributed by atoms with Gasteiger partial charge in [0.2, 0.25) is 5.88 Å². The Balaban J connectivity index is 1.30. The lowest BCUT2D eigenvalue weighted by Gasteiger charge is -2.26. The number of benzene rings is 1. The average Bonchev–Trinajstić information content (AvgIpc) is 3.48. The maximum Gasteiger partial charge on any atom is 0.343 e. The van der Waals surface area contributed by atoms with Crippen LogP contribution in [0.5, 0.6) is 11.6 Å². The van der Waals surface area contributed by atoms with Crippen molar-refractivity contribution in [2.75, 3.05) is 18.1 Å². The molecule has 1 aliphatic rings. The predicted octanol–water partition coefficient (Wildman–Crippen LogP) is 3.14. The van der Waals surface area contributed by atoms with Gasteiger partial charge < -0.3 is 14.4 Å². The van der Waals surface area contributed by atoms with Crippen LogP contribution in [0.3, 0.4) is 0 Å². The highest BCUT2D eigenvalue weighted by Crippen LogP contribution is 2.27. The molecule has 1 unspecified atom stereocenters. The van der Waals surface area contributed by atoms with E-state index in [0.29, 0.717) is 17.1 Å². The van der Waals surface area contributed by atoms with E-state index in [-0.39, 0.29) is 18.5 Å². The molecule has 1 fully saturated rings. The van der Waals surface area contributed by atoms with Gasteiger partial charge in [-0.15, -0.1) is 0 Å². The summed E-state index contributed by atoms with van der Waals surface area (Å²) in [4.78, 5) is 27.6. The molecule has 31 heavy (non-hydrogen) atoms. The summed E-state index contributed by atoms with van der Waals surface area (Å²) >= 11 is 0. The molecule has 9 nitrogen and oxygen atoms in total. The molecule has 1 saturated heterocycles. The number of nitrogens with zero attached hydrogens (tertiary/aromatic N) is 6. The third kappa shape index (κ3) is 3.89. The Kier molecular flexibility index (Phi) is 5.14. The fraction of sp³-hybridized carbons (Fsp3) is 0.227. The predicted molar refractivity (Wildman–Crippen MR) is 112 cm³/mol. The number of hydrogen-bond donors (Lipinski definition) is 0. The second-order valence-corrected chi connectivity index (χ2v) is 7.13. The van der Waals surface area contributed by atoms with E-state index in [9.17, 15) is 4.79 Å². The van der Waals surface area contributed by atoms with Gasteiger partial charge >= 0.3 is 5.97 Å². The zero-order valence-corrected chi connectivity index (χ0v) is 16.7. The van der Waals surface area contributed by atoms with Gasteiger partial charge in [0.05, 0.1) is 6.04 Å². The van der Waals surface area contributed by atoms with Gasteiger partial charge in [-0.05, 0) is 43.2 Å². The van der Waals surface area contributed by atoms with Crippen molar-refractivity contribution in [2.24, 2.45) is 0 Å². The Labute approximate surface area is 178 Å². The molecule has 0 amide bonds. The van der Waals surface area contributed by atoms with Gasteiger partial charge in [0, 0.05) is 18.9 Å². The number of aromatic nitrogens is 5. The highest BCUT2D eigenvalue weighted by Gasteiger charge is 2.29. The van der Waals surface area contributed by atoms with Crippen LogP contribution in [0.25, 0.3) is 5.78 Å². The molecule has 9 heteroatoms. The highest BCUT2D eigenvalue weighted by molar-refractivity contribution is 5.91. The number of carbonyl (C=O) groups is 1. The van der Waals surface area contributed by atoms with Gasteiger partial charge in [-0.25, -0.2) is 14.8 Å². The summed E-state index contributed by atoms with van der Waals surface area (Å²) in [6.45, 7) is 1.09. The monoisotopic (exact) mass is 416 g/mol. The van der Waals surface area contributed by atoms with Gasteiger partial charge in [0.15, 0.2) is 0 Å². The number of fused-ring (bicyclic) bond motifs is 1. The molecule has 4 aromatic rings. The quantitative estimate of drug-likeness (QED) is 0.443. The van der Waals surface area contributed by atoms with Gasteiger partial charge in [0.25, 0.3) is 5.78 Å². The highest BCUT2D eigenvalue weighted by atomic mass is 16.5. The minimum atomic E-state index is -0.466. The number of carbonyl (C=O) groups excluding carboxylic acids is 1. The van der Waals surface area contributed by atoms with E-state index < -0.39 is 5.97 Å². The molecule has 3 aromatic heterocycles. The second-order valence-electron chi connectivity index (χ2n) is 7.13. The molecular formula is C22H20N6O3. The SMILES string of the molecule is O=C(OCC1CCCN1c1ccnc2ncnn12)c1cccnc1Oc1ccccc1. The Morgan fingerprint density at radius 1 is 1.03 bits per heavy atom. The lowest BCUT2D eigenvalue weighted by molar-refractivity contribution is 0.0479. The first-order valence-corrected chi connectivity index (χ1v) is 10.1. The van der Waals surface area contributed by atoms with Crippen LogP contribution >= 0.6 is 0 Å². The smallest absolute Gasteiger partial charge is 0.343 e. The van der Waals surface area contributed by atoms with Crippen LogP contribution in [0.4, 0.5) is 5.82 Å². The molecule has 1 aliphatic heterocycles. The Morgan fingerprint density at radius 3 is 2.84 bits per heavy atom. The fourth-order valence-corrected chi connectivity index (χ4v) is 3.73. The van der Waals surface area contributed by atoms with E-state index in [1.807, 2.05) is 24.3 Å². The van der Waals surface area contributed by atoms with Crippen LogP contribution in [0.2, 0.25) is 0 Å². The standard InChI is InChI=1S/C22H20N6O3/c29-21(18-9-4-11-23-20(18)31-17-7-2-1-3-8-17)30-14-16-6-5-13-27(16)19-10-12-24-22-25-15-26-28(19)22/h1-4,7-12,15-16H,5-6,13-14H2. The summed E-state index contributed by atoms with van der Waals surface area (Å²) < 4.78 is 13.2. The number of hydrogen-bond acceptors (Lipinski definition) is 8. The third-order valence-electron chi connectivity index (χ3n) is 5.19. The molecule has 0 saturated carbocycles. The largest absolute Gasteiger partial charge is 0.460 e. The second kappa shape index (κ2) is 8.39. The molecule has 156 valence electrons. The first-order valence-electron chi connectivity index (χ1n) is 10.1. The molecule has 1 atom stereocenters. The Bertz CT molecular complexity index is 1200. The first-order chi connectivity index (χ1) is 15.3. The zero-order valence-electron chi connectivity index (χ0n) is 16.7. The number of para-hydroxylation sites is 1. The molecule has 0 spiro atoms. The van der Waals surface area contributed by atoms with Gasteiger partial charge in [-0.2, -0.15) is 14.6 Å². The van der Waals surface area contributed by atoms with Crippen molar-refractivity contribution >= 4 is 17.6 Å². The Morgan fingerprint density at radius 2 is 1.94 bits per heavy atom. The number of anilines is 1. The summed E-state index contributed by atoms with van der Waals surface area (Å²) in [5.41, 5.74) is 0.290. The molecule has 1 aromatic carbocycles. The van der Waals surface area contributed by atoms with Crippen molar-refractivity contribution in [3.05, 3.63) is 72.8 Å².